The van der Waals surface area contributed by atoms with Crippen LogP contribution in [-0.4, -0.2) is 18.3 Å². The fourth-order valence-corrected chi connectivity index (χ4v) is 11.9. The van der Waals surface area contributed by atoms with Crippen LogP contribution < -0.4 is 0 Å². The van der Waals surface area contributed by atoms with E-state index < -0.39 is 0 Å². The van der Waals surface area contributed by atoms with Crippen LogP contribution in [0.1, 0.15) is 16.7 Å². The van der Waals surface area contributed by atoms with Gasteiger partial charge in [-0.15, -0.1) is 0 Å². The molecule has 8 nitrogen and oxygen atoms in total. The molecule has 0 fully saturated rings. The molecule has 0 bridgehead atoms. The maximum absolute atomic E-state index is 12.6. The van der Waals surface area contributed by atoms with E-state index in [2.05, 4.69) is 127 Å². The Kier molecular flexibility index (Phi) is 7.83. The standard InChI is InChI=1S/C63H33N7O/c64-34-37-29-30-46-56(33-37)70(55-32-31-45-44-21-7-14-28-57(44)71-63(45)58(46)55)62-48(36-66)60(68-51-24-10-3-17-40(51)41-18-4-11-25-52(41)68)59(67-49-22-8-1-15-38(49)39-16-2-9-23-50(39)67)47(35-65)61(62)69-53-26-12-5-19-42(53)43-20-6-13-27-54(43)69/h1-33H. The van der Waals surface area contributed by atoms with Crippen LogP contribution in [0.4, 0.5) is 0 Å². The van der Waals surface area contributed by atoms with Gasteiger partial charge in [0.05, 0.1) is 83.9 Å². The van der Waals surface area contributed by atoms with Crippen LogP contribution in [0.2, 0.25) is 0 Å². The summed E-state index contributed by atoms with van der Waals surface area (Å²) in [5, 5.41) is 45.4. The van der Waals surface area contributed by atoms with Crippen LogP contribution in [0.5, 0.6) is 0 Å². The Morgan fingerprint density at radius 3 is 1.04 bits per heavy atom. The zero-order valence-corrected chi connectivity index (χ0v) is 37.6. The van der Waals surface area contributed by atoms with Crippen molar-refractivity contribution in [3.63, 3.8) is 0 Å². The second-order valence-electron chi connectivity index (χ2n) is 18.1. The maximum atomic E-state index is 12.6. The van der Waals surface area contributed by atoms with E-state index >= 15 is 0 Å². The molecular formula is C63H33N7O. The minimum atomic E-state index is 0.329. The molecule has 0 unspecified atom stereocenters. The first-order valence-corrected chi connectivity index (χ1v) is 23.5. The second-order valence-corrected chi connectivity index (χ2v) is 18.1. The van der Waals surface area contributed by atoms with Gasteiger partial charge >= 0.3 is 0 Å². The molecule has 71 heavy (non-hydrogen) atoms. The minimum Gasteiger partial charge on any atom is -0.455 e. The number of hydrogen-bond acceptors (Lipinski definition) is 4. The Morgan fingerprint density at radius 1 is 0.296 bits per heavy atom. The van der Waals surface area contributed by atoms with Gasteiger partial charge < -0.3 is 22.7 Å². The van der Waals surface area contributed by atoms with Crippen molar-refractivity contribution >= 4 is 109 Å². The fraction of sp³-hybridized carbons (Fsp3) is 0. The zero-order chi connectivity index (χ0) is 47.1. The molecule has 326 valence electrons. The summed E-state index contributed by atoms with van der Waals surface area (Å²) >= 11 is 0. The number of furan rings is 1. The summed E-state index contributed by atoms with van der Waals surface area (Å²) in [6, 6.07) is 75.7. The van der Waals surface area contributed by atoms with Crippen LogP contribution in [0.15, 0.2) is 205 Å². The third kappa shape index (κ3) is 5.03. The Balaban J connectivity index is 1.28. The van der Waals surface area contributed by atoms with Gasteiger partial charge in [-0.05, 0) is 66.7 Å². The summed E-state index contributed by atoms with van der Waals surface area (Å²) in [4.78, 5) is 0. The van der Waals surface area contributed by atoms with Crippen molar-refractivity contribution in [2.75, 3.05) is 0 Å². The van der Waals surface area contributed by atoms with E-state index in [0.29, 0.717) is 50.5 Å². The van der Waals surface area contributed by atoms with Crippen LogP contribution in [0, 0.1) is 34.0 Å². The molecule has 0 aliphatic carbocycles. The van der Waals surface area contributed by atoms with Gasteiger partial charge in [0.1, 0.15) is 34.4 Å². The predicted octanol–water partition coefficient (Wildman–Crippen LogP) is 15.6. The highest BCUT2D eigenvalue weighted by Gasteiger charge is 2.35. The van der Waals surface area contributed by atoms with E-state index in [1.54, 1.807) is 0 Å². The van der Waals surface area contributed by atoms with E-state index in [1.807, 2.05) is 109 Å². The molecule has 8 heteroatoms. The number of para-hydroxylation sites is 7. The smallest absolute Gasteiger partial charge is 0.145 e. The molecule has 15 aromatic rings. The number of fused-ring (bicyclic) bond motifs is 16. The lowest BCUT2D eigenvalue weighted by Gasteiger charge is -2.27. The Labute approximate surface area is 403 Å². The lowest BCUT2D eigenvalue weighted by molar-refractivity contribution is 0.673. The summed E-state index contributed by atoms with van der Waals surface area (Å²) in [5.74, 6) is 0. The highest BCUT2D eigenvalue weighted by Crippen LogP contribution is 2.50. The van der Waals surface area contributed by atoms with Crippen LogP contribution in [-0.2, 0) is 0 Å². The average Bonchev–Trinajstić information content (AvgIpc) is 4.23. The quantitative estimate of drug-likeness (QED) is 0.175. The van der Waals surface area contributed by atoms with E-state index in [-0.39, 0.29) is 0 Å². The molecule has 15 rings (SSSR count). The van der Waals surface area contributed by atoms with Gasteiger partial charge in [0, 0.05) is 48.5 Å². The lowest BCUT2D eigenvalue weighted by Crippen LogP contribution is -2.16. The monoisotopic (exact) mass is 903 g/mol. The Morgan fingerprint density at radius 2 is 0.648 bits per heavy atom. The molecule has 0 N–H and O–H groups in total. The van der Waals surface area contributed by atoms with E-state index in [4.69, 9.17) is 4.42 Å². The molecule has 0 saturated carbocycles. The Hall–Kier alpha value is -10.3. The third-order valence-electron chi connectivity index (χ3n) is 14.7. The van der Waals surface area contributed by atoms with Gasteiger partial charge in [-0.1, -0.05) is 133 Å². The van der Waals surface area contributed by atoms with Gasteiger partial charge in [-0.3, -0.25) is 0 Å². The highest BCUT2D eigenvalue weighted by molar-refractivity contribution is 6.24. The van der Waals surface area contributed by atoms with Crippen molar-refractivity contribution in [3.8, 4) is 41.0 Å². The molecule has 0 aliphatic rings. The second kappa shape index (κ2) is 14.3. The maximum Gasteiger partial charge on any atom is 0.145 e. The molecule has 5 aromatic heterocycles. The molecule has 0 amide bonds. The van der Waals surface area contributed by atoms with Crippen molar-refractivity contribution < 1.29 is 4.42 Å². The summed E-state index contributed by atoms with van der Waals surface area (Å²) in [5.41, 5.74) is 11.4. The molecule has 10 aromatic carbocycles. The number of nitriles is 3. The van der Waals surface area contributed by atoms with Gasteiger partial charge in [-0.25, -0.2) is 0 Å². The molecule has 0 spiro atoms. The van der Waals surface area contributed by atoms with Gasteiger partial charge in [0.2, 0.25) is 0 Å². The van der Waals surface area contributed by atoms with Crippen LogP contribution in [0.25, 0.3) is 132 Å². The topological polar surface area (TPSA) is 104 Å². The minimum absolute atomic E-state index is 0.329. The summed E-state index contributed by atoms with van der Waals surface area (Å²) in [6.07, 6.45) is 0. The molecule has 0 atom stereocenters. The molecular weight excluding hydrogens is 871 g/mol. The van der Waals surface area contributed by atoms with Gasteiger partial charge in [0.15, 0.2) is 0 Å². The van der Waals surface area contributed by atoms with E-state index in [1.165, 1.54) is 0 Å². The first-order chi connectivity index (χ1) is 35.2. The lowest BCUT2D eigenvalue weighted by atomic mass is 9.98. The third-order valence-corrected chi connectivity index (χ3v) is 14.7. The molecule has 0 radical (unpaired) electrons. The number of aromatic nitrogens is 4. The normalized spacial score (nSPS) is 11.9. The summed E-state index contributed by atoms with van der Waals surface area (Å²) in [6.45, 7) is 0. The number of nitrogens with zero attached hydrogens (tertiary/aromatic N) is 7. The SMILES string of the molecule is N#Cc1ccc2c3c4oc5ccccc5c4ccc3n(-c3c(C#N)c(-n4c5ccccc5c5ccccc54)c(-n4c5ccccc5c5ccccc54)c(C#N)c3-n3c4ccccc4c4ccccc43)c2c1. The number of rotatable bonds is 4. The number of hydrogen-bond donors (Lipinski definition) is 0. The number of benzene rings is 10. The zero-order valence-electron chi connectivity index (χ0n) is 37.6. The summed E-state index contributed by atoms with van der Waals surface area (Å²) < 4.78 is 15.5. The largest absolute Gasteiger partial charge is 0.455 e. The van der Waals surface area contributed by atoms with Crippen molar-refractivity contribution in [3.05, 3.63) is 217 Å². The first kappa shape index (κ1) is 38.7. The highest BCUT2D eigenvalue weighted by atomic mass is 16.3. The summed E-state index contributed by atoms with van der Waals surface area (Å²) in [7, 11) is 0. The van der Waals surface area contributed by atoms with E-state index in [0.717, 1.165) is 98.1 Å². The van der Waals surface area contributed by atoms with Crippen molar-refractivity contribution in [2.45, 2.75) is 0 Å². The van der Waals surface area contributed by atoms with Gasteiger partial charge in [0.25, 0.3) is 0 Å². The fourth-order valence-electron chi connectivity index (χ4n) is 11.9. The average molecular weight is 904 g/mol. The molecule has 0 saturated heterocycles. The first-order valence-electron chi connectivity index (χ1n) is 23.5. The van der Waals surface area contributed by atoms with Crippen molar-refractivity contribution in [2.24, 2.45) is 0 Å². The molecule has 0 aliphatic heterocycles. The van der Waals surface area contributed by atoms with Crippen LogP contribution >= 0.6 is 0 Å². The van der Waals surface area contributed by atoms with Gasteiger partial charge in [-0.2, -0.15) is 15.8 Å². The molecule has 5 heterocycles. The van der Waals surface area contributed by atoms with Crippen LogP contribution in [0.3, 0.4) is 0 Å². The van der Waals surface area contributed by atoms with E-state index in [9.17, 15) is 15.8 Å². The predicted molar refractivity (Wildman–Crippen MR) is 285 cm³/mol. The van der Waals surface area contributed by atoms with Crippen molar-refractivity contribution in [1.82, 2.24) is 18.3 Å². The van der Waals surface area contributed by atoms with Crippen molar-refractivity contribution in [1.29, 1.82) is 15.8 Å². The Bertz CT molecular complexity index is 4830.